The fraction of sp³-hybridized carbons (Fsp3) is 0.769. The van der Waals surface area contributed by atoms with Crippen LogP contribution in [-0.4, -0.2) is 26.8 Å². The van der Waals surface area contributed by atoms with E-state index >= 15 is 0 Å². The van der Waals surface area contributed by atoms with E-state index in [0.29, 0.717) is 24.6 Å². The Balaban J connectivity index is 2.59. The number of aromatic nitrogens is 2. The van der Waals surface area contributed by atoms with Crippen LogP contribution in [0.25, 0.3) is 0 Å². The summed E-state index contributed by atoms with van der Waals surface area (Å²) in [5, 5.41) is 16.2. The van der Waals surface area contributed by atoms with E-state index in [1.165, 1.54) is 0 Å². The van der Waals surface area contributed by atoms with E-state index in [-0.39, 0.29) is 6.54 Å². The molecule has 1 rings (SSSR count). The van der Waals surface area contributed by atoms with Gasteiger partial charge >= 0.3 is 5.97 Å². The van der Waals surface area contributed by atoms with Crippen LogP contribution in [0.1, 0.15) is 58.2 Å². The molecule has 0 saturated carbocycles. The minimum Gasteiger partial charge on any atom is -0.480 e. The van der Waals surface area contributed by atoms with Gasteiger partial charge in [0.1, 0.15) is 5.54 Å². The second-order valence-electron chi connectivity index (χ2n) is 4.66. The number of rotatable bonds is 9. The molecule has 6 heteroatoms. The second-order valence-corrected chi connectivity index (χ2v) is 4.66. The van der Waals surface area contributed by atoms with E-state index in [0.717, 1.165) is 19.3 Å². The lowest BCUT2D eigenvalue weighted by atomic mass is 9.93. The lowest BCUT2D eigenvalue weighted by Gasteiger charge is -2.27. The van der Waals surface area contributed by atoms with Crippen molar-refractivity contribution in [2.75, 3.05) is 0 Å². The summed E-state index contributed by atoms with van der Waals surface area (Å²) in [6, 6.07) is 0. The predicted octanol–water partition coefficient (Wildman–Crippen LogP) is 2.15. The van der Waals surface area contributed by atoms with Gasteiger partial charge in [-0.3, -0.25) is 10.1 Å². The molecule has 0 fully saturated rings. The van der Waals surface area contributed by atoms with Crippen molar-refractivity contribution < 1.29 is 14.4 Å². The first kappa shape index (κ1) is 15.6. The Labute approximate surface area is 113 Å². The molecule has 0 aliphatic heterocycles. The molecule has 108 valence electrons. The van der Waals surface area contributed by atoms with Crippen molar-refractivity contribution in [1.82, 2.24) is 15.5 Å². The molecule has 1 aromatic rings. The van der Waals surface area contributed by atoms with E-state index < -0.39 is 11.5 Å². The molecule has 0 bridgehead atoms. The molecule has 0 spiro atoms. The van der Waals surface area contributed by atoms with Crippen LogP contribution in [0.3, 0.4) is 0 Å². The van der Waals surface area contributed by atoms with E-state index in [9.17, 15) is 9.90 Å². The zero-order valence-corrected chi connectivity index (χ0v) is 11.9. The maximum atomic E-state index is 11.3. The average Bonchev–Trinajstić information content (AvgIpc) is 2.86. The van der Waals surface area contributed by atoms with Crippen LogP contribution in [0.15, 0.2) is 4.52 Å². The summed E-state index contributed by atoms with van der Waals surface area (Å²) in [5.41, 5.74) is -0.919. The molecule has 1 aromatic heterocycles. The van der Waals surface area contributed by atoms with Gasteiger partial charge in [-0.05, 0) is 19.3 Å². The van der Waals surface area contributed by atoms with Crippen molar-refractivity contribution in [3.8, 4) is 0 Å². The van der Waals surface area contributed by atoms with Crippen LogP contribution in [0.5, 0.6) is 0 Å². The first-order valence-corrected chi connectivity index (χ1v) is 6.87. The summed E-state index contributed by atoms with van der Waals surface area (Å²) in [6.07, 6.45) is 3.92. The van der Waals surface area contributed by atoms with Crippen molar-refractivity contribution >= 4 is 5.97 Å². The van der Waals surface area contributed by atoms with Gasteiger partial charge in [-0.1, -0.05) is 32.3 Å². The van der Waals surface area contributed by atoms with Crippen molar-refractivity contribution in [2.45, 2.75) is 65.0 Å². The number of aryl methyl sites for hydroxylation is 1. The summed E-state index contributed by atoms with van der Waals surface area (Å²) in [6.45, 7) is 6.09. The highest BCUT2D eigenvalue weighted by atomic mass is 16.5. The number of hydrogen-bond donors (Lipinski definition) is 2. The van der Waals surface area contributed by atoms with Crippen LogP contribution in [-0.2, 0) is 17.8 Å². The molecule has 0 aliphatic carbocycles. The van der Waals surface area contributed by atoms with Crippen molar-refractivity contribution in [3.63, 3.8) is 0 Å². The second kappa shape index (κ2) is 7.23. The molecule has 0 aliphatic rings. The van der Waals surface area contributed by atoms with Crippen molar-refractivity contribution in [1.29, 1.82) is 0 Å². The first-order valence-electron chi connectivity index (χ1n) is 6.87. The summed E-state index contributed by atoms with van der Waals surface area (Å²) in [4.78, 5) is 15.6. The van der Waals surface area contributed by atoms with Gasteiger partial charge in [0, 0.05) is 6.42 Å². The maximum Gasteiger partial charge on any atom is 0.323 e. The molecule has 1 heterocycles. The molecule has 0 atom stereocenters. The number of nitrogens with one attached hydrogen (secondary N) is 1. The van der Waals surface area contributed by atoms with Gasteiger partial charge in [0.15, 0.2) is 5.82 Å². The minimum atomic E-state index is -0.919. The van der Waals surface area contributed by atoms with E-state index in [1.54, 1.807) is 0 Å². The van der Waals surface area contributed by atoms with Crippen LogP contribution in [0, 0.1) is 0 Å². The average molecular weight is 269 g/mol. The Morgan fingerprint density at radius 1 is 1.37 bits per heavy atom. The molecule has 6 nitrogen and oxygen atoms in total. The van der Waals surface area contributed by atoms with Gasteiger partial charge in [-0.25, -0.2) is 0 Å². The van der Waals surface area contributed by atoms with Gasteiger partial charge in [0.05, 0.1) is 6.54 Å². The third-order valence-corrected chi connectivity index (χ3v) is 3.46. The highest BCUT2D eigenvalue weighted by Crippen LogP contribution is 2.16. The minimum absolute atomic E-state index is 0.285. The number of aliphatic carboxylic acids is 1. The number of hydrogen-bond acceptors (Lipinski definition) is 5. The van der Waals surface area contributed by atoms with Gasteiger partial charge in [-0.2, -0.15) is 4.98 Å². The molecule has 19 heavy (non-hydrogen) atoms. The largest absolute Gasteiger partial charge is 0.480 e. The molecule has 0 aromatic carbocycles. The SMILES string of the molecule is CCCCc1noc(CNC(CC)(CC)C(=O)O)n1. The topological polar surface area (TPSA) is 88.2 Å². The summed E-state index contributed by atoms with van der Waals surface area (Å²) < 4.78 is 5.11. The molecule has 0 radical (unpaired) electrons. The van der Waals surface area contributed by atoms with Crippen molar-refractivity contribution in [2.24, 2.45) is 0 Å². The molecule has 2 N–H and O–H groups in total. The lowest BCUT2D eigenvalue weighted by Crippen LogP contribution is -2.50. The van der Waals surface area contributed by atoms with Crippen LogP contribution in [0.2, 0.25) is 0 Å². The van der Waals surface area contributed by atoms with E-state index in [1.807, 2.05) is 13.8 Å². The zero-order chi connectivity index (χ0) is 14.3. The number of carboxylic acids is 1. The monoisotopic (exact) mass is 269 g/mol. The van der Waals surface area contributed by atoms with Crippen LogP contribution in [0.4, 0.5) is 0 Å². The molecular weight excluding hydrogens is 246 g/mol. The van der Waals surface area contributed by atoms with Crippen LogP contribution < -0.4 is 5.32 Å². The Bertz CT molecular complexity index is 400. The van der Waals surface area contributed by atoms with Crippen LogP contribution >= 0.6 is 0 Å². The summed E-state index contributed by atoms with van der Waals surface area (Å²) in [7, 11) is 0. The van der Waals surface area contributed by atoms with Gasteiger partial charge in [0.2, 0.25) is 5.89 Å². The van der Waals surface area contributed by atoms with Crippen molar-refractivity contribution in [3.05, 3.63) is 11.7 Å². The predicted molar refractivity (Wildman–Crippen MR) is 70.7 cm³/mol. The number of carboxylic acid groups (broad SMARTS) is 1. The number of unbranched alkanes of at least 4 members (excludes halogenated alkanes) is 1. The number of nitrogens with zero attached hydrogens (tertiary/aromatic N) is 2. The molecular formula is C13H23N3O3. The molecule has 0 saturated heterocycles. The molecule has 0 amide bonds. The zero-order valence-electron chi connectivity index (χ0n) is 11.9. The normalized spacial score (nSPS) is 11.7. The highest BCUT2D eigenvalue weighted by molar-refractivity contribution is 5.78. The third-order valence-electron chi connectivity index (χ3n) is 3.46. The highest BCUT2D eigenvalue weighted by Gasteiger charge is 2.34. The Morgan fingerprint density at radius 2 is 2.05 bits per heavy atom. The lowest BCUT2D eigenvalue weighted by molar-refractivity contribution is -0.145. The smallest absolute Gasteiger partial charge is 0.323 e. The summed E-state index contributed by atoms with van der Waals surface area (Å²) >= 11 is 0. The Morgan fingerprint density at radius 3 is 2.58 bits per heavy atom. The first-order chi connectivity index (χ1) is 9.07. The van der Waals surface area contributed by atoms with Gasteiger partial charge in [0.25, 0.3) is 0 Å². The molecule has 0 unspecified atom stereocenters. The maximum absolute atomic E-state index is 11.3. The fourth-order valence-corrected chi connectivity index (χ4v) is 1.92. The van der Waals surface area contributed by atoms with Gasteiger partial charge in [-0.15, -0.1) is 0 Å². The van der Waals surface area contributed by atoms with Gasteiger partial charge < -0.3 is 9.63 Å². The quantitative estimate of drug-likeness (QED) is 0.714. The Hall–Kier alpha value is -1.43. The van der Waals surface area contributed by atoms with E-state index in [2.05, 4.69) is 22.4 Å². The standard InChI is InChI=1S/C13H23N3O3/c1-4-7-8-10-15-11(19-16-10)9-14-13(5-2,6-3)12(17)18/h14H,4-9H2,1-3H3,(H,17,18). The number of carbonyl (C=O) groups is 1. The fourth-order valence-electron chi connectivity index (χ4n) is 1.92. The Kier molecular flexibility index (Phi) is 5.95. The third kappa shape index (κ3) is 4.02. The van der Waals surface area contributed by atoms with E-state index in [4.69, 9.17) is 4.52 Å². The summed E-state index contributed by atoms with van der Waals surface area (Å²) in [5.74, 6) is 0.287.